The molecule has 0 aliphatic heterocycles. The van der Waals surface area contributed by atoms with Crippen molar-refractivity contribution in [2.24, 2.45) is 0 Å². The van der Waals surface area contributed by atoms with Crippen LogP contribution in [0.25, 0.3) is 10.1 Å². The minimum absolute atomic E-state index is 0.128. The van der Waals surface area contributed by atoms with E-state index in [4.69, 9.17) is 11.6 Å². The van der Waals surface area contributed by atoms with Crippen molar-refractivity contribution >= 4 is 33.0 Å². The smallest absolute Gasteiger partial charge is 0.0637 e. The van der Waals surface area contributed by atoms with Crippen LogP contribution in [0.2, 0.25) is 5.02 Å². The normalized spacial score (nSPS) is 11.4. The van der Waals surface area contributed by atoms with Gasteiger partial charge in [-0.1, -0.05) is 35.9 Å². The second-order valence-corrected chi connectivity index (χ2v) is 6.65. The summed E-state index contributed by atoms with van der Waals surface area (Å²) in [7, 11) is 0. The fourth-order valence-corrected chi connectivity index (χ4v) is 4.01. The maximum Gasteiger partial charge on any atom is 0.0637 e. The van der Waals surface area contributed by atoms with Crippen LogP contribution >= 0.6 is 22.9 Å². The van der Waals surface area contributed by atoms with Crippen LogP contribution in [0.5, 0.6) is 0 Å². The van der Waals surface area contributed by atoms with Crippen LogP contribution < -0.4 is 0 Å². The molecule has 5 heteroatoms. The first kappa shape index (κ1) is 15.4. The highest BCUT2D eigenvalue weighted by Crippen LogP contribution is 2.36. The molecular weight excluding hydrogens is 316 g/mol. The highest BCUT2D eigenvalue weighted by molar-refractivity contribution is 7.19. The van der Waals surface area contributed by atoms with Crippen LogP contribution in [0.4, 0.5) is 0 Å². The summed E-state index contributed by atoms with van der Waals surface area (Å²) >= 11 is 8.23. The lowest BCUT2D eigenvalue weighted by atomic mass is 10.2. The van der Waals surface area contributed by atoms with Gasteiger partial charge in [0, 0.05) is 47.0 Å². The van der Waals surface area contributed by atoms with E-state index < -0.39 is 0 Å². The topological polar surface area (TPSA) is 36.4 Å². The molecule has 3 aromatic rings. The van der Waals surface area contributed by atoms with E-state index >= 15 is 0 Å². The first-order valence-electron chi connectivity index (χ1n) is 7.16. The quantitative estimate of drug-likeness (QED) is 0.742. The van der Waals surface area contributed by atoms with E-state index in [9.17, 15) is 5.11 Å². The van der Waals surface area contributed by atoms with Gasteiger partial charge in [0.05, 0.1) is 11.6 Å². The van der Waals surface area contributed by atoms with Gasteiger partial charge in [-0.05, 0) is 17.7 Å². The van der Waals surface area contributed by atoms with E-state index in [-0.39, 0.29) is 6.61 Å². The summed E-state index contributed by atoms with van der Waals surface area (Å²) in [4.78, 5) is 7.47. The molecule has 0 atom stereocenters. The lowest BCUT2D eigenvalue weighted by Crippen LogP contribution is -2.25. The van der Waals surface area contributed by atoms with Crippen molar-refractivity contribution in [2.45, 2.75) is 13.1 Å². The maximum absolute atomic E-state index is 9.31. The predicted molar refractivity (Wildman–Crippen MR) is 92.3 cm³/mol. The Bertz CT molecular complexity index is 745. The third-order valence-electron chi connectivity index (χ3n) is 3.51. The Labute approximate surface area is 138 Å². The number of halogens is 1. The van der Waals surface area contributed by atoms with Crippen molar-refractivity contribution in [3.05, 3.63) is 64.3 Å². The third kappa shape index (κ3) is 3.47. The van der Waals surface area contributed by atoms with Crippen molar-refractivity contribution in [2.75, 3.05) is 13.2 Å². The van der Waals surface area contributed by atoms with Crippen molar-refractivity contribution in [1.29, 1.82) is 0 Å². The lowest BCUT2D eigenvalue weighted by molar-refractivity contribution is 0.185. The zero-order valence-corrected chi connectivity index (χ0v) is 13.6. The SMILES string of the molecule is OCCN(Cc1cccnc1)Cc1sc2ccccc2c1Cl. The van der Waals surface area contributed by atoms with Crippen LogP contribution in [-0.4, -0.2) is 28.1 Å². The van der Waals surface area contributed by atoms with E-state index in [1.807, 2.05) is 30.5 Å². The summed E-state index contributed by atoms with van der Waals surface area (Å²) in [5.74, 6) is 0. The van der Waals surface area contributed by atoms with Gasteiger partial charge in [-0.3, -0.25) is 9.88 Å². The van der Waals surface area contributed by atoms with E-state index in [1.54, 1.807) is 17.5 Å². The Morgan fingerprint density at radius 2 is 2.00 bits per heavy atom. The van der Waals surface area contributed by atoms with Crippen LogP contribution in [0.1, 0.15) is 10.4 Å². The van der Waals surface area contributed by atoms with Gasteiger partial charge in [-0.15, -0.1) is 11.3 Å². The molecule has 0 fully saturated rings. The zero-order valence-electron chi connectivity index (χ0n) is 12.1. The molecule has 0 unspecified atom stereocenters. The third-order valence-corrected chi connectivity index (χ3v) is 5.21. The Kier molecular flexibility index (Phi) is 5.05. The summed E-state index contributed by atoms with van der Waals surface area (Å²) in [5, 5.41) is 11.2. The molecule has 0 amide bonds. The number of aliphatic hydroxyl groups excluding tert-OH is 1. The number of hydrogen-bond acceptors (Lipinski definition) is 4. The average molecular weight is 333 g/mol. The number of aliphatic hydroxyl groups is 1. The monoisotopic (exact) mass is 332 g/mol. The first-order chi connectivity index (χ1) is 10.8. The Morgan fingerprint density at radius 3 is 2.73 bits per heavy atom. The Morgan fingerprint density at radius 1 is 1.14 bits per heavy atom. The van der Waals surface area contributed by atoms with Crippen LogP contribution in [0, 0.1) is 0 Å². The molecule has 0 saturated carbocycles. The number of pyridine rings is 1. The summed E-state index contributed by atoms with van der Waals surface area (Å²) in [6.07, 6.45) is 3.62. The van der Waals surface area contributed by atoms with Gasteiger partial charge in [-0.25, -0.2) is 0 Å². The Hall–Kier alpha value is -1.46. The highest BCUT2D eigenvalue weighted by atomic mass is 35.5. The fourth-order valence-electron chi connectivity index (χ4n) is 2.47. The molecule has 0 saturated heterocycles. The number of aromatic nitrogens is 1. The molecule has 0 radical (unpaired) electrons. The van der Waals surface area contributed by atoms with E-state index in [1.165, 1.54) is 4.70 Å². The molecular formula is C17H17ClN2OS. The standard InChI is InChI=1S/C17H17ClN2OS/c18-17-14-5-1-2-6-15(14)22-16(17)12-20(8-9-21)11-13-4-3-7-19-10-13/h1-7,10,21H,8-9,11-12H2. The molecule has 0 aliphatic rings. The van der Waals surface area contributed by atoms with E-state index in [0.717, 1.165) is 33.9 Å². The van der Waals surface area contributed by atoms with Gasteiger partial charge in [0.1, 0.15) is 0 Å². The van der Waals surface area contributed by atoms with Crippen molar-refractivity contribution < 1.29 is 5.11 Å². The largest absolute Gasteiger partial charge is 0.395 e. The number of rotatable bonds is 6. The molecule has 1 aromatic carbocycles. The fraction of sp³-hybridized carbons (Fsp3) is 0.235. The summed E-state index contributed by atoms with van der Waals surface area (Å²) in [6.45, 7) is 2.22. The highest BCUT2D eigenvalue weighted by Gasteiger charge is 2.14. The van der Waals surface area contributed by atoms with Crippen molar-refractivity contribution in [3.63, 3.8) is 0 Å². The number of nitrogens with zero attached hydrogens (tertiary/aromatic N) is 2. The zero-order chi connectivity index (χ0) is 15.4. The van der Waals surface area contributed by atoms with Crippen LogP contribution in [0.3, 0.4) is 0 Å². The molecule has 3 rings (SSSR count). The van der Waals surface area contributed by atoms with Crippen LogP contribution in [-0.2, 0) is 13.1 Å². The second-order valence-electron chi connectivity index (χ2n) is 5.13. The minimum Gasteiger partial charge on any atom is -0.395 e. The molecule has 0 spiro atoms. The van der Waals surface area contributed by atoms with E-state index in [2.05, 4.69) is 22.0 Å². The number of thiophene rings is 1. The predicted octanol–water partition coefficient (Wildman–Crippen LogP) is 3.94. The molecule has 22 heavy (non-hydrogen) atoms. The van der Waals surface area contributed by atoms with Crippen LogP contribution in [0.15, 0.2) is 48.8 Å². The Balaban J connectivity index is 1.81. The lowest BCUT2D eigenvalue weighted by Gasteiger charge is -2.20. The molecule has 0 bridgehead atoms. The first-order valence-corrected chi connectivity index (χ1v) is 8.35. The van der Waals surface area contributed by atoms with Gasteiger partial charge in [0.2, 0.25) is 0 Å². The number of hydrogen-bond donors (Lipinski definition) is 1. The van der Waals surface area contributed by atoms with Crippen molar-refractivity contribution in [3.8, 4) is 0 Å². The molecule has 114 valence electrons. The average Bonchev–Trinajstić information content (AvgIpc) is 2.85. The summed E-state index contributed by atoms with van der Waals surface area (Å²) < 4.78 is 1.20. The minimum atomic E-state index is 0.128. The summed E-state index contributed by atoms with van der Waals surface area (Å²) in [5.41, 5.74) is 1.13. The molecule has 0 aliphatic carbocycles. The van der Waals surface area contributed by atoms with Gasteiger partial charge in [0.15, 0.2) is 0 Å². The molecule has 1 N–H and O–H groups in total. The second kappa shape index (κ2) is 7.20. The molecule has 2 heterocycles. The maximum atomic E-state index is 9.31. The van der Waals surface area contributed by atoms with Gasteiger partial charge >= 0.3 is 0 Å². The molecule has 2 aromatic heterocycles. The van der Waals surface area contributed by atoms with Gasteiger partial charge in [-0.2, -0.15) is 0 Å². The number of benzene rings is 1. The molecule has 3 nitrogen and oxygen atoms in total. The van der Waals surface area contributed by atoms with Gasteiger partial charge in [0.25, 0.3) is 0 Å². The number of fused-ring (bicyclic) bond motifs is 1. The van der Waals surface area contributed by atoms with Gasteiger partial charge < -0.3 is 5.11 Å². The van der Waals surface area contributed by atoms with Crippen molar-refractivity contribution in [1.82, 2.24) is 9.88 Å². The summed E-state index contributed by atoms with van der Waals surface area (Å²) in [6, 6.07) is 12.1. The van der Waals surface area contributed by atoms with E-state index in [0.29, 0.717) is 6.54 Å².